The smallest absolute Gasteiger partial charge is 0.391 e. The molecule has 1 saturated heterocycles. The molecule has 2 atom stereocenters. The van der Waals surface area contributed by atoms with Gasteiger partial charge in [0.25, 0.3) is 5.56 Å². The second-order valence-corrected chi connectivity index (χ2v) is 3.74. The largest absolute Gasteiger partial charge is 0.423 e. The molecule has 2 N–H and O–H groups in total. The fraction of sp³-hybridized carbons (Fsp3) is 0.556. The molecule has 0 bridgehead atoms. The molecule has 1 aromatic rings. The van der Waals surface area contributed by atoms with Crippen molar-refractivity contribution in [3.63, 3.8) is 0 Å². The number of aliphatic hydroxyl groups excluding tert-OH is 1. The van der Waals surface area contributed by atoms with Gasteiger partial charge in [-0.3, -0.25) is 14.3 Å². The van der Waals surface area contributed by atoms with Crippen molar-refractivity contribution in [1.29, 1.82) is 0 Å². The molecule has 106 valence electrons. The van der Waals surface area contributed by atoms with Crippen LogP contribution in [0.25, 0.3) is 0 Å². The van der Waals surface area contributed by atoms with E-state index in [1.807, 2.05) is 0 Å². The number of H-pyrrole nitrogens is 1. The molecule has 1 aliphatic heterocycles. The average molecular weight is 282 g/mol. The third-order valence-corrected chi connectivity index (χ3v) is 2.47. The maximum Gasteiger partial charge on any atom is 0.423 e. The van der Waals surface area contributed by atoms with Crippen LogP contribution in [0.2, 0.25) is 0 Å². The molecule has 0 radical (unpaired) electrons. The van der Waals surface area contributed by atoms with Crippen LogP contribution in [0.5, 0.6) is 0 Å². The number of hydrogen-bond donors (Lipinski definition) is 2. The SMILES string of the molecule is O=c1[nH]c(=O)n([C@@H]2CO[C@H](CO)O2)cc1C(F)(F)F. The summed E-state index contributed by atoms with van der Waals surface area (Å²) in [6, 6.07) is 0. The molecule has 0 aliphatic carbocycles. The first-order valence-corrected chi connectivity index (χ1v) is 5.13. The van der Waals surface area contributed by atoms with Crippen LogP contribution >= 0.6 is 0 Å². The summed E-state index contributed by atoms with van der Waals surface area (Å²) >= 11 is 0. The lowest BCUT2D eigenvalue weighted by Gasteiger charge is -2.14. The highest BCUT2D eigenvalue weighted by Gasteiger charge is 2.36. The van der Waals surface area contributed by atoms with Gasteiger partial charge in [0.15, 0.2) is 12.5 Å². The van der Waals surface area contributed by atoms with Gasteiger partial charge in [-0.2, -0.15) is 13.2 Å². The summed E-state index contributed by atoms with van der Waals surface area (Å²) in [5.41, 5.74) is -4.08. The fourth-order valence-corrected chi connectivity index (χ4v) is 1.59. The third-order valence-electron chi connectivity index (χ3n) is 2.47. The number of halogens is 3. The van der Waals surface area contributed by atoms with Crippen LogP contribution in [0.4, 0.5) is 13.2 Å². The van der Waals surface area contributed by atoms with E-state index < -0.39 is 42.1 Å². The first kappa shape index (κ1) is 13.8. The lowest BCUT2D eigenvalue weighted by Crippen LogP contribution is -2.37. The highest BCUT2D eigenvalue weighted by Crippen LogP contribution is 2.27. The molecule has 19 heavy (non-hydrogen) atoms. The summed E-state index contributed by atoms with van der Waals surface area (Å²) in [5, 5.41) is 8.75. The summed E-state index contributed by atoms with van der Waals surface area (Å²) in [6.45, 7) is -0.713. The Morgan fingerprint density at radius 1 is 1.47 bits per heavy atom. The second-order valence-electron chi connectivity index (χ2n) is 3.74. The van der Waals surface area contributed by atoms with E-state index in [9.17, 15) is 22.8 Å². The number of nitrogens with zero attached hydrogens (tertiary/aromatic N) is 1. The number of aromatic amines is 1. The van der Waals surface area contributed by atoms with Gasteiger partial charge in [-0.15, -0.1) is 0 Å². The minimum atomic E-state index is -4.89. The van der Waals surface area contributed by atoms with Crippen molar-refractivity contribution in [3.05, 3.63) is 32.6 Å². The van der Waals surface area contributed by atoms with Gasteiger partial charge in [0.1, 0.15) is 5.56 Å². The molecular weight excluding hydrogens is 273 g/mol. The highest BCUT2D eigenvalue weighted by molar-refractivity contribution is 5.09. The van der Waals surface area contributed by atoms with E-state index in [0.29, 0.717) is 10.8 Å². The van der Waals surface area contributed by atoms with Crippen molar-refractivity contribution in [3.8, 4) is 0 Å². The molecule has 0 aromatic carbocycles. The highest BCUT2D eigenvalue weighted by atomic mass is 19.4. The molecule has 7 nitrogen and oxygen atoms in total. The van der Waals surface area contributed by atoms with Gasteiger partial charge in [0.05, 0.1) is 13.2 Å². The van der Waals surface area contributed by atoms with Gasteiger partial charge < -0.3 is 14.6 Å². The van der Waals surface area contributed by atoms with E-state index in [4.69, 9.17) is 14.6 Å². The lowest BCUT2D eigenvalue weighted by molar-refractivity contribution is -0.139. The van der Waals surface area contributed by atoms with Crippen molar-refractivity contribution < 1.29 is 27.8 Å². The van der Waals surface area contributed by atoms with E-state index in [1.54, 1.807) is 4.98 Å². The zero-order valence-corrected chi connectivity index (χ0v) is 9.31. The van der Waals surface area contributed by atoms with Crippen molar-refractivity contribution in [2.24, 2.45) is 0 Å². The van der Waals surface area contributed by atoms with Gasteiger partial charge in [0, 0.05) is 6.20 Å². The summed E-state index contributed by atoms with van der Waals surface area (Å²) in [4.78, 5) is 24.1. The van der Waals surface area contributed by atoms with Gasteiger partial charge >= 0.3 is 11.9 Å². The van der Waals surface area contributed by atoms with Crippen molar-refractivity contribution in [1.82, 2.24) is 9.55 Å². The molecule has 1 aromatic heterocycles. The van der Waals surface area contributed by atoms with Crippen molar-refractivity contribution in [2.45, 2.75) is 18.7 Å². The average Bonchev–Trinajstić information content (AvgIpc) is 2.75. The van der Waals surface area contributed by atoms with Crippen molar-refractivity contribution >= 4 is 0 Å². The van der Waals surface area contributed by atoms with Gasteiger partial charge in [0.2, 0.25) is 0 Å². The molecule has 2 heterocycles. The van der Waals surface area contributed by atoms with Crippen LogP contribution in [-0.4, -0.2) is 34.2 Å². The Hall–Kier alpha value is -1.65. The van der Waals surface area contributed by atoms with Crippen LogP contribution in [0.1, 0.15) is 11.8 Å². The van der Waals surface area contributed by atoms with Crippen LogP contribution in [0, 0.1) is 0 Å². The minimum absolute atomic E-state index is 0.214. The molecule has 0 amide bonds. The van der Waals surface area contributed by atoms with E-state index in [0.717, 1.165) is 0 Å². The van der Waals surface area contributed by atoms with Gasteiger partial charge in [-0.1, -0.05) is 0 Å². The molecule has 2 rings (SSSR count). The maximum atomic E-state index is 12.5. The van der Waals surface area contributed by atoms with Crippen LogP contribution in [0.3, 0.4) is 0 Å². The van der Waals surface area contributed by atoms with Gasteiger partial charge in [-0.05, 0) is 0 Å². The van der Waals surface area contributed by atoms with E-state index >= 15 is 0 Å². The Balaban J connectivity index is 2.42. The summed E-state index contributed by atoms with van der Waals surface area (Å²) in [6.07, 6.45) is -6.67. The molecule has 0 saturated carbocycles. The fourth-order valence-electron chi connectivity index (χ4n) is 1.59. The second kappa shape index (κ2) is 4.79. The summed E-state index contributed by atoms with van der Waals surface area (Å²) < 4.78 is 48.1. The number of rotatable bonds is 2. The van der Waals surface area contributed by atoms with Crippen molar-refractivity contribution in [2.75, 3.05) is 13.2 Å². The third kappa shape index (κ3) is 2.69. The van der Waals surface area contributed by atoms with Crippen LogP contribution < -0.4 is 11.2 Å². The topological polar surface area (TPSA) is 93.6 Å². The Kier molecular flexibility index (Phi) is 3.47. The number of ether oxygens (including phenoxy) is 2. The molecular formula is C9H9F3N2O5. The quantitative estimate of drug-likeness (QED) is 0.757. The monoisotopic (exact) mass is 282 g/mol. The zero-order valence-electron chi connectivity index (χ0n) is 9.31. The number of aliphatic hydroxyl groups is 1. The molecule has 0 spiro atoms. The first-order valence-electron chi connectivity index (χ1n) is 5.13. The Morgan fingerprint density at radius 3 is 2.68 bits per heavy atom. The minimum Gasteiger partial charge on any atom is -0.391 e. The predicted octanol–water partition coefficient (Wildman–Crippen LogP) is -0.581. The number of hydrogen-bond acceptors (Lipinski definition) is 5. The molecule has 0 unspecified atom stereocenters. The Bertz CT molecular complexity index is 578. The normalized spacial score (nSPS) is 23.8. The lowest BCUT2D eigenvalue weighted by atomic mass is 10.3. The molecule has 1 aliphatic rings. The summed E-state index contributed by atoms with van der Waals surface area (Å²) in [7, 11) is 0. The predicted molar refractivity (Wildman–Crippen MR) is 53.3 cm³/mol. The van der Waals surface area contributed by atoms with E-state index in [-0.39, 0.29) is 6.61 Å². The zero-order chi connectivity index (χ0) is 14.2. The van der Waals surface area contributed by atoms with Gasteiger partial charge in [-0.25, -0.2) is 4.79 Å². The molecule has 10 heteroatoms. The first-order chi connectivity index (χ1) is 8.82. The summed E-state index contributed by atoms with van der Waals surface area (Å²) in [5.74, 6) is 0. The maximum absolute atomic E-state index is 12.5. The van der Waals surface area contributed by atoms with E-state index in [2.05, 4.69) is 0 Å². The standard InChI is InChI=1S/C9H9F3N2O5/c10-9(11,12)4-1-14(8(17)13-7(4)16)5-3-18-6(2-15)19-5/h1,5-6,15H,2-3H2,(H,13,16,17)/t5-,6-/m0/s1. The number of aromatic nitrogens is 2. The number of nitrogens with one attached hydrogen (secondary N) is 1. The van der Waals surface area contributed by atoms with Crippen LogP contribution in [0.15, 0.2) is 15.8 Å². The Labute approximate surface area is 103 Å². The molecule has 1 fully saturated rings. The number of alkyl halides is 3. The van der Waals surface area contributed by atoms with E-state index in [1.165, 1.54) is 0 Å². The van der Waals surface area contributed by atoms with Crippen LogP contribution in [-0.2, 0) is 15.7 Å². The Morgan fingerprint density at radius 2 is 2.16 bits per heavy atom.